The zero-order valence-electron chi connectivity index (χ0n) is 15.6. The van der Waals surface area contributed by atoms with Gasteiger partial charge in [0.25, 0.3) is 0 Å². The predicted molar refractivity (Wildman–Crippen MR) is 105 cm³/mol. The van der Waals surface area contributed by atoms with Crippen LogP contribution in [0.5, 0.6) is 11.5 Å². The van der Waals surface area contributed by atoms with E-state index in [1.54, 1.807) is 12.1 Å². The largest absolute Gasteiger partial charge is 0.507 e. The first-order valence-corrected chi connectivity index (χ1v) is 8.54. The molecule has 0 radical (unpaired) electrons. The van der Waals surface area contributed by atoms with Crippen LogP contribution in [0.3, 0.4) is 0 Å². The van der Waals surface area contributed by atoms with Gasteiger partial charge in [0.1, 0.15) is 28.2 Å². The molecule has 0 saturated heterocycles. The van der Waals surface area contributed by atoms with Crippen LogP contribution in [0.2, 0.25) is 0 Å². The Hall–Kier alpha value is -3.05. The summed E-state index contributed by atoms with van der Waals surface area (Å²) in [5.74, 6) is 0.623. The average Bonchev–Trinajstić information content (AvgIpc) is 2.66. The molecule has 1 heterocycles. The summed E-state index contributed by atoms with van der Waals surface area (Å²) < 4.78 is 16.6. The monoisotopic (exact) mass is 366 g/mol. The third-order valence-corrected chi connectivity index (χ3v) is 4.50. The van der Waals surface area contributed by atoms with Crippen molar-refractivity contribution >= 4 is 11.0 Å². The van der Waals surface area contributed by atoms with Crippen LogP contribution in [0.1, 0.15) is 19.4 Å². The Morgan fingerprint density at radius 2 is 1.93 bits per heavy atom. The molecule has 5 nitrogen and oxygen atoms in total. The quantitative estimate of drug-likeness (QED) is 0.509. The van der Waals surface area contributed by atoms with Gasteiger partial charge < -0.3 is 19.0 Å². The summed E-state index contributed by atoms with van der Waals surface area (Å²) in [7, 11) is 1.51. The summed E-state index contributed by atoms with van der Waals surface area (Å²) in [4.78, 5) is 12.8. The van der Waals surface area contributed by atoms with Gasteiger partial charge >= 0.3 is 0 Å². The number of fused-ring (bicyclic) bond motifs is 1. The maximum absolute atomic E-state index is 12.8. The fourth-order valence-electron chi connectivity index (χ4n) is 2.99. The minimum atomic E-state index is -0.633. The van der Waals surface area contributed by atoms with Crippen LogP contribution in [0.4, 0.5) is 0 Å². The van der Waals surface area contributed by atoms with Crippen LogP contribution in [-0.2, 0) is 10.2 Å². The number of aromatic hydroxyl groups is 1. The predicted octanol–water partition coefficient (Wildman–Crippen LogP) is 4.61. The number of hydrogen-bond acceptors (Lipinski definition) is 5. The van der Waals surface area contributed by atoms with Crippen molar-refractivity contribution in [3.05, 3.63) is 70.9 Å². The summed E-state index contributed by atoms with van der Waals surface area (Å²) in [5.41, 5.74) is 0.513. The first kappa shape index (κ1) is 18.7. The standard InChI is InChI=1S/C22H22O5/c1-5-22(2,3)20-18(26-13-25-4)12-17-19(21(20)24)15(23)11-16(27-17)14-9-7-6-8-10-14/h5-12,24H,1,13H2,2-4H3. The van der Waals surface area contributed by atoms with E-state index in [0.29, 0.717) is 17.1 Å². The van der Waals surface area contributed by atoms with Crippen molar-refractivity contribution < 1.29 is 19.0 Å². The van der Waals surface area contributed by atoms with E-state index in [9.17, 15) is 9.90 Å². The van der Waals surface area contributed by atoms with E-state index >= 15 is 0 Å². The minimum absolute atomic E-state index is 0.00617. The van der Waals surface area contributed by atoms with Crippen LogP contribution in [0.25, 0.3) is 22.3 Å². The van der Waals surface area contributed by atoms with E-state index < -0.39 is 5.41 Å². The van der Waals surface area contributed by atoms with Crippen molar-refractivity contribution in [1.29, 1.82) is 0 Å². The average molecular weight is 366 g/mol. The number of allylic oxidation sites excluding steroid dienone is 1. The van der Waals surface area contributed by atoms with E-state index in [0.717, 1.165) is 5.56 Å². The summed E-state index contributed by atoms with van der Waals surface area (Å²) in [6, 6.07) is 12.3. The fraction of sp³-hybridized carbons (Fsp3) is 0.227. The van der Waals surface area contributed by atoms with Gasteiger partial charge in [0.15, 0.2) is 12.2 Å². The third-order valence-electron chi connectivity index (χ3n) is 4.50. The van der Waals surface area contributed by atoms with Crippen molar-refractivity contribution in [1.82, 2.24) is 0 Å². The lowest BCUT2D eigenvalue weighted by atomic mass is 9.82. The van der Waals surface area contributed by atoms with Crippen molar-refractivity contribution in [2.45, 2.75) is 19.3 Å². The lowest BCUT2D eigenvalue weighted by Crippen LogP contribution is -2.17. The lowest BCUT2D eigenvalue weighted by Gasteiger charge is -2.25. The summed E-state index contributed by atoms with van der Waals surface area (Å²) in [6.45, 7) is 7.57. The van der Waals surface area contributed by atoms with Gasteiger partial charge in [0, 0.05) is 35.8 Å². The maximum atomic E-state index is 12.8. The first-order chi connectivity index (χ1) is 12.9. The molecule has 1 N–H and O–H groups in total. The van der Waals surface area contributed by atoms with E-state index in [1.165, 1.54) is 13.2 Å². The summed E-state index contributed by atoms with van der Waals surface area (Å²) in [6.07, 6.45) is 1.69. The highest BCUT2D eigenvalue weighted by molar-refractivity contribution is 5.88. The molecule has 5 heteroatoms. The normalized spacial score (nSPS) is 11.5. The van der Waals surface area contributed by atoms with Crippen molar-refractivity contribution in [3.8, 4) is 22.8 Å². The number of rotatable bonds is 6. The van der Waals surface area contributed by atoms with Crippen LogP contribution in [0.15, 0.2) is 64.3 Å². The highest BCUT2D eigenvalue weighted by Gasteiger charge is 2.29. The molecule has 27 heavy (non-hydrogen) atoms. The molecular formula is C22H22O5. The minimum Gasteiger partial charge on any atom is -0.507 e. The van der Waals surface area contributed by atoms with Gasteiger partial charge in [-0.15, -0.1) is 6.58 Å². The zero-order chi connectivity index (χ0) is 19.6. The molecule has 0 fully saturated rings. The molecule has 0 atom stereocenters. The van der Waals surface area contributed by atoms with E-state index in [-0.39, 0.29) is 28.9 Å². The topological polar surface area (TPSA) is 68.9 Å². The first-order valence-electron chi connectivity index (χ1n) is 8.54. The van der Waals surface area contributed by atoms with Gasteiger partial charge in [-0.25, -0.2) is 0 Å². The molecule has 1 aromatic heterocycles. The molecule has 2 aromatic carbocycles. The molecular weight excluding hydrogens is 344 g/mol. The van der Waals surface area contributed by atoms with E-state index in [4.69, 9.17) is 13.9 Å². The number of phenolic OH excluding ortho intramolecular Hbond substituents is 1. The second-order valence-corrected chi connectivity index (χ2v) is 6.79. The Morgan fingerprint density at radius 1 is 1.22 bits per heavy atom. The molecule has 140 valence electrons. The highest BCUT2D eigenvalue weighted by Crippen LogP contribution is 2.43. The summed E-state index contributed by atoms with van der Waals surface area (Å²) in [5, 5.41) is 11.0. The van der Waals surface area contributed by atoms with Crippen molar-refractivity contribution in [2.24, 2.45) is 0 Å². The van der Waals surface area contributed by atoms with E-state index in [1.807, 2.05) is 44.2 Å². The molecule has 0 unspecified atom stereocenters. The Morgan fingerprint density at radius 3 is 2.56 bits per heavy atom. The molecule has 0 bridgehead atoms. The van der Waals surface area contributed by atoms with Crippen molar-refractivity contribution in [2.75, 3.05) is 13.9 Å². The van der Waals surface area contributed by atoms with Gasteiger partial charge in [0.05, 0.1) is 0 Å². The fourth-order valence-corrected chi connectivity index (χ4v) is 2.99. The summed E-state index contributed by atoms with van der Waals surface area (Å²) >= 11 is 0. The van der Waals surface area contributed by atoms with Gasteiger partial charge in [-0.2, -0.15) is 0 Å². The third kappa shape index (κ3) is 3.46. The number of hydrogen-bond donors (Lipinski definition) is 1. The number of methoxy groups -OCH3 is 1. The van der Waals surface area contributed by atoms with Gasteiger partial charge in [-0.05, 0) is 0 Å². The lowest BCUT2D eigenvalue weighted by molar-refractivity contribution is 0.0498. The molecule has 0 spiro atoms. The smallest absolute Gasteiger partial charge is 0.197 e. The Balaban J connectivity index is 2.32. The second kappa shape index (κ2) is 7.29. The highest BCUT2D eigenvalue weighted by atomic mass is 16.7. The van der Waals surface area contributed by atoms with E-state index in [2.05, 4.69) is 6.58 Å². The Kier molecular flexibility index (Phi) is 5.06. The zero-order valence-corrected chi connectivity index (χ0v) is 15.6. The maximum Gasteiger partial charge on any atom is 0.197 e. The molecule has 0 amide bonds. The second-order valence-electron chi connectivity index (χ2n) is 6.79. The van der Waals surface area contributed by atoms with Crippen LogP contribution in [-0.4, -0.2) is 19.0 Å². The van der Waals surface area contributed by atoms with Gasteiger partial charge in [-0.3, -0.25) is 4.79 Å². The van der Waals surface area contributed by atoms with Crippen molar-refractivity contribution in [3.63, 3.8) is 0 Å². The molecule has 3 rings (SSSR count). The Bertz CT molecular complexity index is 1030. The SMILES string of the molecule is C=CC(C)(C)c1c(OCOC)cc2oc(-c3ccccc3)cc(=O)c2c1O. The van der Waals surface area contributed by atoms with Crippen LogP contribution in [0, 0.1) is 0 Å². The molecule has 0 aliphatic heterocycles. The molecule has 3 aromatic rings. The van der Waals surface area contributed by atoms with Crippen LogP contribution >= 0.6 is 0 Å². The molecule has 0 aliphatic carbocycles. The van der Waals surface area contributed by atoms with Crippen LogP contribution < -0.4 is 10.2 Å². The number of ether oxygens (including phenoxy) is 2. The van der Waals surface area contributed by atoms with Gasteiger partial charge in [0.2, 0.25) is 0 Å². The van der Waals surface area contributed by atoms with Gasteiger partial charge in [-0.1, -0.05) is 50.3 Å². The molecule has 0 aliphatic rings. The number of phenols is 1. The number of benzene rings is 2. The Labute approximate surface area is 157 Å². The molecule has 0 saturated carbocycles.